The number of halogens is 6. The van der Waals surface area contributed by atoms with Gasteiger partial charge >= 0.3 is 45.2 Å². The third-order valence-corrected chi connectivity index (χ3v) is 7.74. The van der Waals surface area contributed by atoms with Crippen molar-refractivity contribution in [1.82, 2.24) is 19.6 Å². The summed E-state index contributed by atoms with van der Waals surface area (Å²) in [5, 5.41) is 0. The Morgan fingerprint density at radius 3 is 0.659 bits per heavy atom. The molecule has 0 aromatic heterocycles. The largest absolute Gasteiger partial charge is 2.00 e. The van der Waals surface area contributed by atoms with Gasteiger partial charge in [-0.25, -0.2) is 16.8 Å². The van der Waals surface area contributed by atoms with Crippen LogP contribution in [-0.4, -0.2) is 148 Å². The van der Waals surface area contributed by atoms with Crippen molar-refractivity contribution >= 4 is 20.2 Å². The molecule has 0 aliphatic heterocycles. The number of nitrogens with zero attached hydrogens (tertiary/aromatic N) is 4. The molecule has 2 aliphatic rings. The molecule has 22 heteroatoms. The summed E-state index contributed by atoms with van der Waals surface area (Å²) in [6, 6.07) is 3.09. The molecule has 0 aromatic carbocycles. The van der Waals surface area contributed by atoms with Crippen molar-refractivity contribution in [3.63, 3.8) is 0 Å². The zero-order valence-corrected chi connectivity index (χ0v) is 29.3. The monoisotopic (exact) mass is 798 g/mol. The smallest absolute Gasteiger partial charge is 0.870 e. The van der Waals surface area contributed by atoms with Gasteiger partial charge in [0.05, 0.1) is 0 Å². The Kier molecular flexibility index (Phi) is 31.3. The fourth-order valence-corrected chi connectivity index (χ4v) is 4.59. The molecule has 0 heterocycles. The predicted molar refractivity (Wildman–Crippen MR) is 142 cm³/mol. The van der Waals surface area contributed by atoms with E-state index in [0.717, 1.165) is 24.2 Å². The van der Waals surface area contributed by atoms with Crippen LogP contribution in [-0.2, 0) is 54.4 Å². The minimum absolute atomic E-state index is 0. The molecule has 0 amide bonds. The molecule has 0 saturated heterocycles. The van der Waals surface area contributed by atoms with E-state index in [1.165, 1.54) is 51.4 Å². The van der Waals surface area contributed by atoms with Crippen molar-refractivity contribution in [2.24, 2.45) is 0 Å². The Morgan fingerprint density at radius 1 is 0.477 bits per heavy atom. The average Bonchev–Trinajstić information content (AvgIpc) is 2.77. The Morgan fingerprint density at radius 2 is 0.591 bits per heavy atom. The first-order chi connectivity index (χ1) is 17.8. The van der Waals surface area contributed by atoms with Gasteiger partial charge in [0.15, 0.2) is 20.2 Å². The van der Waals surface area contributed by atoms with E-state index in [4.69, 9.17) is 25.9 Å². The Balaban J connectivity index is -0.000000108. The van der Waals surface area contributed by atoms with Crippen molar-refractivity contribution in [3.8, 4) is 0 Å². The number of likely N-dealkylation sites (N-methyl/N-ethyl adjacent to an activating group) is 4. The first kappa shape index (κ1) is 56.5. The van der Waals surface area contributed by atoms with E-state index in [9.17, 15) is 26.3 Å². The molecule has 44 heavy (non-hydrogen) atoms. The van der Waals surface area contributed by atoms with Gasteiger partial charge in [-0.2, -0.15) is 26.3 Å². The van der Waals surface area contributed by atoms with Gasteiger partial charge in [-0.15, -0.1) is 0 Å². The zero-order valence-electron chi connectivity index (χ0n) is 25.8. The summed E-state index contributed by atoms with van der Waals surface area (Å²) in [4.78, 5) is 9.52. The Bertz CT molecular complexity index is 825. The number of alkyl halides is 6. The summed E-state index contributed by atoms with van der Waals surface area (Å²) in [5.41, 5.74) is -11.3. The third-order valence-electron chi connectivity index (χ3n) is 6.61. The van der Waals surface area contributed by atoms with Crippen LogP contribution in [0.15, 0.2) is 0 Å². The van der Waals surface area contributed by atoms with Crippen molar-refractivity contribution in [1.29, 1.82) is 0 Å². The van der Waals surface area contributed by atoms with Gasteiger partial charge in [0.1, 0.15) is 0 Å². The molecule has 0 spiro atoms. The van der Waals surface area contributed by atoms with Crippen LogP contribution in [0.25, 0.3) is 0 Å². The van der Waals surface area contributed by atoms with E-state index in [2.05, 4.69) is 76.0 Å². The Hall–Kier alpha value is 0.199. The molecule has 4 atom stereocenters. The van der Waals surface area contributed by atoms with Crippen LogP contribution in [0.4, 0.5) is 26.3 Å². The molecule has 278 valence electrons. The Labute approximate surface area is 279 Å². The van der Waals surface area contributed by atoms with Crippen molar-refractivity contribution in [3.05, 3.63) is 0 Å². The van der Waals surface area contributed by atoms with E-state index in [1.54, 1.807) is 0 Å². The van der Waals surface area contributed by atoms with Gasteiger partial charge in [0, 0.05) is 24.2 Å². The second-order valence-corrected chi connectivity index (χ2v) is 13.2. The summed E-state index contributed by atoms with van der Waals surface area (Å²) in [7, 11) is 5.43. The summed E-state index contributed by atoms with van der Waals surface area (Å²) in [6.07, 6.45) is 11.1. The molecule has 2 aliphatic carbocycles. The second-order valence-electron chi connectivity index (χ2n) is 10.5. The molecular formula is C22H46Cu2F6N4O8S2. The number of hydrogen-bond acceptors (Lipinski definition) is 12. The molecule has 2 fully saturated rings. The van der Waals surface area contributed by atoms with Gasteiger partial charge in [-0.1, -0.05) is 25.7 Å². The zero-order chi connectivity index (χ0) is 32.3. The molecule has 0 bridgehead atoms. The molecular weight excluding hydrogens is 753 g/mol. The van der Waals surface area contributed by atoms with E-state index >= 15 is 0 Å². The SMILES string of the molecule is CN(C)[C@@H]1CCCC[C@H]1N(C)C.CN(C)[C@@H]1CCCC[C@H]1N(C)C.O=S(=O)([O-])C(F)(F)F.O=S(=O)([O-])C(F)(F)F.[Cu+2].[Cu+2].[OH-].[OH-]. The number of hydrogen-bond donors (Lipinski definition) is 0. The summed E-state index contributed by atoms with van der Waals surface area (Å²) < 4.78 is 118. The van der Waals surface area contributed by atoms with Gasteiger partial charge in [-0.05, 0) is 82.1 Å². The van der Waals surface area contributed by atoms with Gasteiger partial charge in [-0.3, -0.25) is 0 Å². The minimum atomic E-state index is -6.09. The average molecular weight is 800 g/mol. The molecule has 0 aromatic rings. The van der Waals surface area contributed by atoms with Gasteiger partial charge in [0.25, 0.3) is 0 Å². The van der Waals surface area contributed by atoms with E-state index < -0.39 is 31.3 Å². The van der Waals surface area contributed by atoms with Crippen LogP contribution in [0, 0.1) is 0 Å². The van der Waals surface area contributed by atoms with Crippen LogP contribution < -0.4 is 0 Å². The minimum Gasteiger partial charge on any atom is -0.870 e. The normalized spacial score (nSPS) is 22.3. The fraction of sp³-hybridized carbons (Fsp3) is 1.00. The maximum absolute atomic E-state index is 10.7. The van der Waals surface area contributed by atoms with Crippen LogP contribution in [0.2, 0.25) is 0 Å². The van der Waals surface area contributed by atoms with Gasteiger partial charge in [0.2, 0.25) is 0 Å². The van der Waals surface area contributed by atoms with E-state index in [0.29, 0.717) is 0 Å². The summed E-state index contributed by atoms with van der Waals surface area (Å²) in [5.74, 6) is 0. The first-order valence-corrected chi connectivity index (χ1v) is 15.3. The molecule has 2 rings (SSSR count). The van der Waals surface area contributed by atoms with E-state index in [1.807, 2.05) is 0 Å². The van der Waals surface area contributed by atoms with Crippen LogP contribution in [0.5, 0.6) is 0 Å². The van der Waals surface area contributed by atoms with Crippen LogP contribution in [0.1, 0.15) is 51.4 Å². The van der Waals surface area contributed by atoms with Crippen LogP contribution in [0.3, 0.4) is 0 Å². The predicted octanol–water partition coefficient (Wildman–Crippen LogP) is 2.59. The van der Waals surface area contributed by atoms with Crippen molar-refractivity contribution in [2.75, 3.05) is 56.4 Å². The molecule has 2 saturated carbocycles. The molecule has 2 N–H and O–H groups in total. The van der Waals surface area contributed by atoms with Crippen molar-refractivity contribution < 1.29 is 97.4 Å². The maximum Gasteiger partial charge on any atom is 2.00 e. The molecule has 0 unspecified atom stereocenters. The number of rotatable bonds is 4. The summed E-state index contributed by atoms with van der Waals surface area (Å²) in [6.45, 7) is 0. The van der Waals surface area contributed by atoms with Crippen LogP contribution >= 0.6 is 0 Å². The molecule has 2 radical (unpaired) electrons. The topological polar surface area (TPSA) is 187 Å². The van der Waals surface area contributed by atoms with E-state index in [-0.39, 0.29) is 45.1 Å². The first-order valence-electron chi connectivity index (χ1n) is 12.5. The third kappa shape index (κ3) is 22.7. The quantitative estimate of drug-likeness (QED) is 0.175. The summed E-state index contributed by atoms with van der Waals surface area (Å²) >= 11 is 0. The maximum atomic E-state index is 10.7. The standard InChI is InChI=1S/2C10H22N2.2CHF3O3S.2Cu.2H2O/c2*1-11(2)9-7-5-6-8-10(9)12(3)4;2*2-1(3,4)8(5,6)7;;;;/h2*9-10H,5-8H2,1-4H3;2*(H,5,6,7);;;2*1H2/q;;;;2*+2;;/p-4/t2*9-,10-;;;;;;/m11....../s1. The second kappa shape index (κ2) is 24.4. The molecule has 12 nitrogen and oxygen atoms in total. The van der Waals surface area contributed by atoms with Gasteiger partial charge < -0.3 is 39.7 Å². The fourth-order valence-electron chi connectivity index (χ4n) is 4.59. The van der Waals surface area contributed by atoms with Crippen molar-refractivity contribution in [2.45, 2.75) is 86.6 Å².